The third-order valence-electron chi connectivity index (χ3n) is 2.96. The number of ether oxygens (including phenoxy) is 1. The molecule has 0 aliphatic heterocycles. The highest BCUT2D eigenvalue weighted by molar-refractivity contribution is 5.94. The summed E-state index contributed by atoms with van der Waals surface area (Å²) in [6, 6.07) is 3.16. The number of pyridine rings is 2. The zero-order chi connectivity index (χ0) is 15.4. The first-order chi connectivity index (χ1) is 10.1. The fourth-order valence-corrected chi connectivity index (χ4v) is 1.98. The van der Waals surface area contributed by atoms with E-state index in [4.69, 9.17) is 9.84 Å². The van der Waals surface area contributed by atoms with Gasteiger partial charge in [0.1, 0.15) is 0 Å². The van der Waals surface area contributed by atoms with Crippen molar-refractivity contribution in [2.24, 2.45) is 0 Å². The van der Waals surface area contributed by atoms with Crippen LogP contribution in [-0.2, 0) is 4.74 Å². The Morgan fingerprint density at radius 2 is 2.29 bits per heavy atom. The number of hydrogen-bond acceptors (Lipinski definition) is 6. The van der Waals surface area contributed by atoms with E-state index in [2.05, 4.69) is 10.4 Å². The quantitative estimate of drug-likeness (QED) is 0.775. The second kappa shape index (κ2) is 6.36. The largest absolute Gasteiger partial charge is 0.462 e. The van der Waals surface area contributed by atoms with E-state index in [1.807, 2.05) is 0 Å². The predicted octanol–water partition coefficient (Wildman–Crippen LogP) is 0.417. The Morgan fingerprint density at radius 1 is 1.52 bits per heavy atom. The molecule has 0 saturated carbocycles. The van der Waals surface area contributed by atoms with Gasteiger partial charge in [-0.15, -0.1) is 0 Å². The van der Waals surface area contributed by atoms with Gasteiger partial charge in [-0.2, -0.15) is 0 Å². The summed E-state index contributed by atoms with van der Waals surface area (Å²) in [6.07, 6.45) is 1.54. The number of aromatic nitrogens is 2. The molecule has 2 rings (SSSR count). The third kappa shape index (κ3) is 3.03. The van der Waals surface area contributed by atoms with Gasteiger partial charge < -0.3 is 15.3 Å². The molecule has 2 heterocycles. The molecule has 112 valence electrons. The fourth-order valence-electron chi connectivity index (χ4n) is 1.98. The molecule has 0 amide bonds. The number of aliphatic hydroxyl groups is 1. The van der Waals surface area contributed by atoms with Gasteiger partial charge in [-0.05, 0) is 26.0 Å². The van der Waals surface area contributed by atoms with Crippen LogP contribution in [0.3, 0.4) is 0 Å². The van der Waals surface area contributed by atoms with Crippen molar-refractivity contribution >= 4 is 16.9 Å². The molecule has 0 aliphatic rings. The van der Waals surface area contributed by atoms with Crippen molar-refractivity contribution in [3.05, 3.63) is 39.9 Å². The Kier molecular flexibility index (Phi) is 4.54. The lowest BCUT2D eigenvalue weighted by molar-refractivity contribution is 0.0525. The molecular weight excluding hydrogens is 274 g/mol. The van der Waals surface area contributed by atoms with Crippen LogP contribution in [0.1, 0.15) is 23.0 Å². The van der Waals surface area contributed by atoms with Gasteiger partial charge in [-0.1, -0.05) is 0 Å². The molecule has 0 aliphatic carbocycles. The molecule has 0 radical (unpaired) electrons. The van der Waals surface area contributed by atoms with Crippen molar-refractivity contribution in [3.63, 3.8) is 0 Å². The Hall–Kier alpha value is -2.41. The highest BCUT2D eigenvalue weighted by Gasteiger charge is 2.14. The van der Waals surface area contributed by atoms with E-state index < -0.39 is 5.97 Å². The molecular formula is C14H17N3O4. The number of rotatable bonds is 5. The number of carbonyl (C=O) groups is 1. The average Bonchev–Trinajstić information content (AvgIpc) is 2.46. The summed E-state index contributed by atoms with van der Waals surface area (Å²) in [5.74, 6) is -0.498. The van der Waals surface area contributed by atoms with E-state index in [9.17, 15) is 9.59 Å². The highest BCUT2D eigenvalue weighted by Crippen LogP contribution is 2.14. The van der Waals surface area contributed by atoms with Crippen molar-refractivity contribution in [3.8, 4) is 0 Å². The summed E-state index contributed by atoms with van der Waals surface area (Å²) < 4.78 is 6.21. The van der Waals surface area contributed by atoms with Crippen LogP contribution in [-0.4, -0.2) is 40.5 Å². The summed E-state index contributed by atoms with van der Waals surface area (Å²) in [5.41, 5.74) is 3.72. The molecule has 0 atom stereocenters. The molecule has 7 heteroatoms. The molecule has 7 nitrogen and oxygen atoms in total. The minimum Gasteiger partial charge on any atom is -0.462 e. The van der Waals surface area contributed by atoms with Crippen molar-refractivity contribution in [2.45, 2.75) is 13.8 Å². The maximum atomic E-state index is 12.3. The van der Waals surface area contributed by atoms with Crippen LogP contribution in [0.15, 0.2) is 23.1 Å². The van der Waals surface area contributed by atoms with E-state index >= 15 is 0 Å². The van der Waals surface area contributed by atoms with Crippen LogP contribution < -0.4 is 11.0 Å². The summed E-state index contributed by atoms with van der Waals surface area (Å²) >= 11 is 0. The van der Waals surface area contributed by atoms with Crippen molar-refractivity contribution in [1.29, 1.82) is 0 Å². The molecule has 0 saturated heterocycles. The zero-order valence-electron chi connectivity index (χ0n) is 11.9. The molecule has 0 bridgehead atoms. The second-order valence-corrected chi connectivity index (χ2v) is 4.40. The smallest absolute Gasteiger partial charge is 0.339 e. The first-order valence-electron chi connectivity index (χ1n) is 6.63. The first kappa shape index (κ1) is 15.0. The summed E-state index contributed by atoms with van der Waals surface area (Å²) in [4.78, 5) is 28.4. The summed E-state index contributed by atoms with van der Waals surface area (Å²) in [6.45, 7) is 3.82. The van der Waals surface area contributed by atoms with Gasteiger partial charge in [0.05, 0.1) is 41.9 Å². The minimum absolute atomic E-state index is 0.0926. The number of hydrogen-bond donors (Lipinski definition) is 2. The van der Waals surface area contributed by atoms with Gasteiger partial charge in [-0.25, -0.2) is 9.47 Å². The number of fused-ring (bicyclic) bond motifs is 1. The first-order valence-corrected chi connectivity index (χ1v) is 6.63. The molecule has 0 fully saturated rings. The van der Waals surface area contributed by atoms with Crippen LogP contribution in [0, 0.1) is 6.92 Å². The molecule has 0 aromatic carbocycles. The van der Waals surface area contributed by atoms with Crippen molar-refractivity contribution in [1.82, 2.24) is 9.66 Å². The average molecular weight is 291 g/mol. The normalized spacial score (nSPS) is 10.6. The second-order valence-electron chi connectivity index (χ2n) is 4.40. The predicted molar refractivity (Wildman–Crippen MR) is 78.0 cm³/mol. The monoisotopic (exact) mass is 291 g/mol. The lowest BCUT2D eigenvalue weighted by atomic mass is 10.1. The van der Waals surface area contributed by atoms with Gasteiger partial charge >= 0.3 is 5.97 Å². The summed E-state index contributed by atoms with van der Waals surface area (Å²) in [5, 5.41) is 9.11. The van der Waals surface area contributed by atoms with Gasteiger partial charge in [0.2, 0.25) is 0 Å². The van der Waals surface area contributed by atoms with Gasteiger partial charge in [0.15, 0.2) is 0 Å². The van der Waals surface area contributed by atoms with E-state index in [-0.39, 0.29) is 30.9 Å². The third-order valence-corrected chi connectivity index (χ3v) is 2.96. The van der Waals surface area contributed by atoms with Gasteiger partial charge in [-0.3, -0.25) is 9.78 Å². The van der Waals surface area contributed by atoms with E-state index in [0.717, 1.165) is 0 Å². The molecule has 21 heavy (non-hydrogen) atoms. The molecule has 2 aromatic rings. The van der Waals surface area contributed by atoms with Crippen LogP contribution >= 0.6 is 0 Å². The Bertz CT molecular complexity index is 724. The van der Waals surface area contributed by atoms with E-state index in [0.29, 0.717) is 16.6 Å². The van der Waals surface area contributed by atoms with Crippen LogP contribution in [0.5, 0.6) is 0 Å². The number of aryl methyl sites for hydroxylation is 1. The standard InChI is InChI=1S/C14H17N3O4/c1-3-21-14(20)10-8-11-12(16-9(10)2)4-6-17(13(11)19)15-5-7-18/h4,6,8,15,18H,3,5,7H2,1-2H3. The number of esters is 1. The number of aliphatic hydroxyl groups excluding tert-OH is 1. The Balaban J connectivity index is 2.55. The maximum Gasteiger partial charge on any atom is 0.339 e. The van der Waals surface area contributed by atoms with Crippen LogP contribution in [0.25, 0.3) is 10.9 Å². The fraction of sp³-hybridized carbons (Fsp3) is 0.357. The van der Waals surface area contributed by atoms with Crippen molar-refractivity contribution in [2.75, 3.05) is 25.2 Å². The molecule has 2 aromatic heterocycles. The highest BCUT2D eigenvalue weighted by atomic mass is 16.5. The zero-order valence-corrected chi connectivity index (χ0v) is 11.9. The maximum absolute atomic E-state index is 12.3. The Morgan fingerprint density at radius 3 is 2.95 bits per heavy atom. The molecule has 0 unspecified atom stereocenters. The van der Waals surface area contributed by atoms with Gasteiger partial charge in [0.25, 0.3) is 5.56 Å². The minimum atomic E-state index is -0.498. The Labute approximate surface area is 121 Å². The summed E-state index contributed by atoms with van der Waals surface area (Å²) in [7, 11) is 0. The lowest BCUT2D eigenvalue weighted by Crippen LogP contribution is -2.30. The van der Waals surface area contributed by atoms with E-state index in [1.165, 1.54) is 16.9 Å². The number of nitrogens with one attached hydrogen (secondary N) is 1. The van der Waals surface area contributed by atoms with Crippen molar-refractivity contribution < 1.29 is 14.6 Å². The van der Waals surface area contributed by atoms with E-state index in [1.54, 1.807) is 19.9 Å². The number of nitrogens with zero attached hydrogens (tertiary/aromatic N) is 2. The van der Waals surface area contributed by atoms with Gasteiger partial charge in [0, 0.05) is 6.20 Å². The molecule has 2 N–H and O–H groups in total. The van der Waals surface area contributed by atoms with Crippen LogP contribution in [0.2, 0.25) is 0 Å². The molecule has 0 spiro atoms. The van der Waals surface area contributed by atoms with Crippen LogP contribution in [0.4, 0.5) is 0 Å². The lowest BCUT2D eigenvalue weighted by Gasteiger charge is -2.10. The topological polar surface area (TPSA) is 93.5 Å². The number of carbonyl (C=O) groups excluding carboxylic acids is 1. The SMILES string of the molecule is CCOC(=O)c1cc2c(=O)n(NCCO)ccc2nc1C.